The van der Waals surface area contributed by atoms with Gasteiger partial charge in [-0.05, 0) is 31.5 Å². The molecule has 2 N–H and O–H groups in total. The smallest absolute Gasteiger partial charge is 0.260 e. The predicted octanol–water partition coefficient (Wildman–Crippen LogP) is 1.75. The highest BCUT2D eigenvalue weighted by molar-refractivity contribution is 5.96. The summed E-state index contributed by atoms with van der Waals surface area (Å²) in [5.41, 5.74) is -0.249. The van der Waals surface area contributed by atoms with Crippen LogP contribution in [-0.4, -0.2) is 42.1 Å². The maximum Gasteiger partial charge on any atom is 0.260 e. The van der Waals surface area contributed by atoms with Crippen molar-refractivity contribution in [2.24, 2.45) is 0 Å². The summed E-state index contributed by atoms with van der Waals surface area (Å²) in [6.07, 6.45) is 3.31. The second-order valence-electron chi connectivity index (χ2n) is 4.97. The number of aromatic hydroxyl groups is 1. The first-order valence-electron chi connectivity index (χ1n) is 6.56. The number of carbonyl (C=O) groups excluding carboxylic acids is 1. The van der Waals surface area contributed by atoms with Gasteiger partial charge in [0, 0.05) is 19.6 Å². The lowest BCUT2D eigenvalue weighted by Gasteiger charge is -2.28. The molecule has 4 nitrogen and oxygen atoms in total. The third-order valence-electron chi connectivity index (χ3n) is 3.46. The molecule has 1 unspecified atom stereocenters. The van der Waals surface area contributed by atoms with Crippen LogP contribution >= 0.6 is 0 Å². The van der Waals surface area contributed by atoms with Gasteiger partial charge in [-0.1, -0.05) is 12.5 Å². The average molecular weight is 266 g/mol. The van der Waals surface area contributed by atoms with E-state index in [-0.39, 0.29) is 17.4 Å². The Bertz CT molecular complexity index is 439. The molecular formula is C14H19FN2O2. The molecule has 5 heteroatoms. The largest absolute Gasteiger partial charge is 0.507 e. The van der Waals surface area contributed by atoms with E-state index in [0.717, 1.165) is 25.8 Å². The van der Waals surface area contributed by atoms with Crippen LogP contribution in [0.2, 0.25) is 0 Å². The third-order valence-corrected chi connectivity index (χ3v) is 3.46. The number of halogens is 1. The first kappa shape index (κ1) is 13.8. The molecule has 1 aromatic rings. The van der Waals surface area contributed by atoms with Crippen molar-refractivity contribution >= 4 is 5.91 Å². The van der Waals surface area contributed by atoms with E-state index in [0.29, 0.717) is 6.54 Å². The number of phenolic OH excluding ortho intramolecular Hbond substituents is 1. The Morgan fingerprint density at radius 3 is 2.95 bits per heavy atom. The minimum absolute atomic E-state index is 0.247. The number of nitrogens with one attached hydrogen (secondary N) is 1. The first-order valence-corrected chi connectivity index (χ1v) is 6.56. The second-order valence-corrected chi connectivity index (χ2v) is 4.97. The molecule has 1 aliphatic rings. The SMILES string of the molecule is CN(CC1CCCCN1)C(=O)c1c(O)cccc1F. The van der Waals surface area contributed by atoms with E-state index in [1.165, 1.54) is 23.1 Å². The quantitative estimate of drug-likeness (QED) is 0.876. The fourth-order valence-corrected chi connectivity index (χ4v) is 2.41. The highest BCUT2D eigenvalue weighted by atomic mass is 19.1. The van der Waals surface area contributed by atoms with Crippen molar-refractivity contribution in [2.45, 2.75) is 25.3 Å². The zero-order chi connectivity index (χ0) is 13.8. The standard InChI is InChI=1S/C14H19FN2O2/c1-17(9-10-5-2-3-8-16-10)14(19)13-11(15)6-4-7-12(13)18/h4,6-7,10,16,18H,2-3,5,8-9H2,1H3. The number of hydrogen-bond donors (Lipinski definition) is 2. The van der Waals surface area contributed by atoms with Gasteiger partial charge in [0.25, 0.3) is 5.91 Å². The lowest BCUT2D eigenvalue weighted by Crippen LogP contribution is -2.44. The Balaban J connectivity index is 2.06. The number of amides is 1. The van der Waals surface area contributed by atoms with Gasteiger partial charge in [-0.25, -0.2) is 4.39 Å². The Morgan fingerprint density at radius 1 is 1.53 bits per heavy atom. The van der Waals surface area contributed by atoms with Gasteiger partial charge in [-0.15, -0.1) is 0 Å². The summed E-state index contributed by atoms with van der Waals surface area (Å²) in [5, 5.41) is 12.9. The van der Waals surface area contributed by atoms with Gasteiger partial charge >= 0.3 is 0 Å². The maximum atomic E-state index is 13.6. The van der Waals surface area contributed by atoms with Crippen LogP contribution in [0.25, 0.3) is 0 Å². The van der Waals surface area contributed by atoms with Crippen LogP contribution < -0.4 is 5.32 Å². The molecule has 0 spiro atoms. The molecule has 0 saturated carbocycles. The van der Waals surface area contributed by atoms with Gasteiger partial charge in [0.15, 0.2) is 0 Å². The van der Waals surface area contributed by atoms with Crippen molar-refractivity contribution in [3.8, 4) is 5.75 Å². The van der Waals surface area contributed by atoms with Crippen LogP contribution in [0.1, 0.15) is 29.6 Å². The summed E-state index contributed by atoms with van der Waals surface area (Å²) >= 11 is 0. The molecule has 1 atom stereocenters. The lowest BCUT2D eigenvalue weighted by atomic mass is 10.0. The van der Waals surface area contributed by atoms with E-state index in [9.17, 15) is 14.3 Å². The number of phenols is 1. The van der Waals surface area contributed by atoms with E-state index in [1.54, 1.807) is 7.05 Å². The number of piperidine rings is 1. The molecule has 1 fully saturated rings. The molecule has 1 amide bonds. The van der Waals surface area contributed by atoms with Gasteiger partial charge in [0.2, 0.25) is 0 Å². The molecule has 0 aromatic heterocycles. The molecule has 0 aliphatic carbocycles. The van der Waals surface area contributed by atoms with Crippen molar-refractivity contribution < 1.29 is 14.3 Å². The number of carbonyl (C=O) groups is 1. The lowest BCUT2D eigenvalue weighted by molar-refractivity contribution is 0.0767. The highest BCUT2D eigenvalue weighted by Crippen LogP contribution is 2.21. The van der Waals surface area contributed by atoms with E-state index < -0.39 is 11.7 Å². The fourth-order valence-electron chi connectivity index (χ4n) is 2.41. The number of benzene rings is 1. The van der Waals surface area contributed by atoms with Crippen molar-refractivity contribution in [2.75, 3.05) is 20.1 Å². The zero-order valence-electron chi connectivity index (χ0n) is 11.0. The Morgan fingerprint density at radius 2 is 2.32 bits per heavy atom. The Labute approximate surface area is 112 Å². The molecule has 1 heterocycles. The van der Waals surface area contributed by atoms with E-state index in [1.807, 2.05) is 0 Å². The number of hydrogen-bond acceptors (Lipinski definition) is 3. The molecule has 19 heavy (non-hydrogen) atoms. The monoisotopic (exact) mass is 266 g/mol. The van der Waals surface area contributed by atoms with Gasteiger partial charge in [-0.3, -0.25) is 4.79 Å². The van der Waals surface area contributed by atoms with E-state index in [2.05, 4.69) is 5.32 Å². The molecule has 2 rings (SSSR count). The molecular weight excluding hydrogens is 247 g/mol. The Kier molecular flexibility index (Phi) is 4.37. The first-order chi connectivity index (χ1) is 9.09. The number of nitrogens with zero attached hydrogens (tertiary/aromatic N) is 1. The summed E-state index contributed by atoms with van der Waals surface area (Å²) in [4.78, 5) is 13.6. The molecule has 1 saturated heterocycles. The maximum absolute atomic E-state index is 13.6. The van der Waals surface area contributed by atoms with Gasteiger partial charge < -0.3 is 15.3 Å². The topological polar surface area (TPSA) is 52.6 Å². The average Bonchev–Trinajstić information content (AvgIpc) is 2.39. The summed E-state index contributed by atoms with van der Waals surface area (Å²) in [6.45, 7) is 1.48. The summed E-state index contributed by atoms with van der Waals surface area (Å²) in [6, 6.07) is 4.13. The minimum Gasteiger partial charge on any atom is -0.507 e. The van der Waals surface area contributed by atoms with Crippen molar-refractivity contribution in [1.29, 1.82) is 0 Å². The second kappa shape index (κ2) is 6.02. The summed E-state index contributed by atoms with van der Waals surface area (Å²) < 4.78 is 13.6. The van der Waals surface area contributed by atoms with Crippen molar-refractivity contribution in [1.82, 2.24) is 10.2 Å². The Hall–Kier alpha value is -1.62. The third kappa shape index (κ3) is 3.23. The van der Waals surface area contributed by atoms with Gasteiger partial charge in [-0.2, -0.15) is 0 Å². The molecule has 0 bridgehead atoms. The number of rotatable bonds is 3. The van der Waals surface area contributed by atoms with Crippen molar-refractivity contribution in [3.05, 3.63) is 29.6 Å². The van der Waals surface area contributed by atoms with Crippen LogP contribution in [-0.2, 0) is 0 Å². The highest BCUT2D eigenvalue weighted by Gasteiger charge is 2.23. The van der Waals surface area contributed by atoms with Crippen LogP contribution in [0.4, 0.5) is 4.39 Å². The zero-order valence-corrected chi connectivity index (χ0v) is 11.0. The van der Waals surface area contributed by atoms with Gasteiger partial charge in [0.1, 0.15) is 17.1 Å². The molecule has 1 aliphatic heterocycles. The fraction of sp³-hybridized carbons (Fsp3) is 0.500. The summed E-state index contributed by atoms with van der Waals surface area (Å²) in [7, 11) is 1.63. The molecule has 1 aromatic carbocycles. The number of likely N-dealkylation sites (N-methyl/N-ethyl adjacent to an activating group) is 1. The summed E-state index contributed by atoms with van der Waals surface area (Å²) in [5.74, 6) is -1.48. The molecule has 0 radical (unpaired) electrons. The van der Waals surface area contributed by atoms with Crippen LogP contribution in [0.3, 0.4) is 0 Å². The van der Waals surface area contributed by atoms with E-state index in [4.69, 9.17) is 0 Å². The van der Waals surface area contributed by atoms with Crippen LogP contribution in [0.15, 0.2) is 18.2 Å². The van der Waals surface area contributed by atoms with Crippen LogP contribution in [0.5, 0.6) is 5.75 Å². The normalized spacial score (nSPS) is 19.2. The van der Waals surface area contributed by atoms with Crippen molar-refractivity contribution in [3.63, 3.8) is 0 Å². The molecule has 104 valence electrons. The minimum atomic E-state index is -0.687. The van der Waals surface area contributed by atoms with E-state index >= 15 is 0 Å². The van der Waals surface area contributed by atoms with Gasteiger partial charge in [0.05, 0.1) is 0 Å². The van der Waals surface area contributed by atoms with Crippen LogP contribution in [0, 0.1) is 5.82 Å². The predicted molar refractivity (Wildman–Crippen MR) is 70.7 cm³/mol.